The van der Waals surface area contributed by atoms with Gasteiger partial charge in [-0.05, 0) is 50.6 Å². The van der Waals surface area contributed by atoms with Crippen LogP contribution in [0, 0.1) is 5.82 Å². The number of carbonyl (C=O) groups is 3. The Hall–Kier alpha value is -3.31. The quantitative estimate of drug-likeness (QED) is 0.448. The lowest BCUT2D eigenvalue weighted by Crippen LogP contribution is -2.49. The van der Waals surface area contributed by atoms with E-state index in [9.17, 15) is 14.4 Å². The van der Waals surface area contributed by atoms with Gasteiger partial charge in [0.15, 0.2) is 0 Å². The smallest absolute Gasteiger partial charge is 0.410 e. The summed E-state index contributed by atoms with van der Waals surface area (Å²) in [6, 6.07) is 11.8. The molecule has 0 radical (unpaired) electrons. The van der Waals surface area contributed by atoms with Gasteiger partial charge in [-0.1, -0.05) is 18.2 Å². The molecule has 0 aliphatic carbocycles. The van der Waals surface area contributed by atoms with Gasteiger partial charge in [0.2, 0.25) is 0 Å². The molecule has 0 spiro atoms. The molecule has 0 bridgehead atoms. The highest BCUT2D eigenvalue weighted by atomic mass is 32.2. The van der Waals surface area contributed by atoms with Crippen LogP contribution < -0.4 is 4.90 Å². The van der Waals surface area contributed by atoms with Crippen LogP contribution in [0.3, 0.4) is 0 Å². The van der Waals surface area contributed by atoms with Crippen molar-refractivity contribution in [3.05, 3.63) is 65.0 Å². The molecule has 0 saturated carbocycles. The molecule has 11 heteroatoms. The van der Waals surface area contributed by atoms with Crippen LogP contribution in [0.15, 0.2) is 42.5 Å². The minimum Gasteiger partial charge on any atom is -0.465 e. The van der Waals surface area contributed by atoms with Crippen molar-refractivity contribution < 1.29 is 28.2 Å². The first kappa shape index (κ1) is 30.6. The standard InChI is InChI=1S/C30H39FN4O5S/c1-30(2,3)40-29(38)34-13-11-32(12-14-34)20-22-5-9-25(10-6-22)35(28(37)33-15-17-41-18-16-33)21-24-8-7-23(19-26(24)31)27(36)39-4/h5-10,19H,11-18,20-21H2,1-4H3. The number of esters is 1. The van der Waals surface area contributed by atoms with E-state index >= 15 is 4.39 Å². The molecule has 0 unspecified atom stereocenters. The van der Waals surface area contributed by atoms with E-state index in [1.165, 1.54) is 19.2 Å². The number of rotatable bonds is 6. The SMILES string of the molecule is COC(=O)c1ccc(CN(C(=O)N2CCSCC2)c2ccc(CN3CCN(C(=O)OC(C)(C)C)CC3)cc2)c(F)c1. The van der Waals surface area contributed by atoms with E-state index in [1.54, 1.807) is 14.7 Å². The fourth-order valence-corrected chi connectivity index (χ4v) is 5.64. The van der Waals surface area contributed by atoms with E-state index in [1.807, 2.05) is 56.8 Å². The van der Waals surface area contributed by atoms with Gasteiger partial charge in [0, 0.05) is 68.6 Å². The first-order chi connectivity index (χ1) is 19.5. The number of ether oxygens (including phenoxy) is 2. The molecule has 4 rings (SSSR count). The highest BCUT2D eigenvalue weighted by Gasteiger charge is 2.27. The van der Waals surface area contributed by atoms with Gasteiger partial charge in [0.05, 0.1) is 19.2 Å². The Bertz CT molecular complexity index is 1220. The zero-order valence-corrected chi connectivity index (χ0v) is 25.0. The number of urea groups is 1. The molecular weight excluding hydrogens is 547 g/mol. The molecule has 2 heterocycles. The number of benzene rings is 2. The van der Waals surface area contributed by atoms with Crippen LogP contribution in [0.25, 0.3) is 0 Å². The minimum absolute atomic E-state index is 0.0295. The number of carbonyl (C=O) groups excluding carboxylic acids is 3. The van der Waals surface area contributed by atoms with Crippen molar-refractivity contribution in [3.8, 4) is 0 Å². The first-order valence-corrected chi connectivity index (χ1v) is 15.0. The zero-order valence-electron chi connectivity index (χ0n) is 24.2. The Labute approximate surface area is 245 Å². The molecule has 2 aromatic rings. The lowest BCUT2D eigenvalue weighted by atomic mass is 10.1. The molecule has 222 valence electrons. The predicted octanol–water partition coefficient (Wildman–Crippen LogP) is 4.84. The number of hydrogen-bond acceptors (Lipinski definition) is 7. The van der Waals surface area contributed by atoms with E-state index in [0.29, 0.717) is 44.0 Å². The maximum absolute atomic E-state index is 15.0. The van der Waals surface area contributed by atoms with E-state index in [0.717, 1.165) is 36.2 Å². The van der Waals surface area contributed by atoms with Crippen LogP contribution in [0.1, 0.15) is 42.3 Å². The third-order valence-corrected chi connectivity index (χ3v) is 7.94. The third kappa shape index (κ3) is 8.36. The summed E-state index contributed by atoms with van der Waals surface area (Å²) in [5, 5.41) is 0. The molecule has 2 saturated heterocycles. The summed E-state index contributed by atoms with van der Waals surface area (Å²) in [7, 11) is 1.25. The largest absolute Gasteiger partial charge is 0.465 e. The lowest BCUT2D eigenvalue weighted by Gasteiger charge is -2.35. The number of anilines is 1. The molecule has 0 aromatic heterocycles. The number of amides is 3. The predicted molar refractivity (Wildman–Crippen MR) is 158 cm³/mol. The van der Waals surface area contributed by atoms with Crippen molar-refractivity contribution in [2.75, 3.05) is 62.8 Å². The Morgan fingerprint density at radius 2 is 1.59 bits per heavy atom. The van der Waals surface area contributed by atoms with Crippen LogP contribution >= 0.6 is 11.8 Å². The van der Waals surface area contributed by atoms with Crippen LogP contribution in [-0.2, 0) is 22.6 Å². The molecule has 3 amide bonds. The van der Waals surface area contributed by atoms with Crippen molar-refractivity contribution in [2.45, 2.75) is 39.5 Å². The highest BCUT2D eigenvalue weighted by molar-refractivity contribution is 7.99. The number of thioether (sulfide) groups is 1. The van der Waals surface area contributed by atoms with Crippen molar-refractivity contribution in [1.82, 2.24) is 14.7 Å². The van der Waals surface area contributed by atoms with Gasteiger partial charge in [-0.25, -0.2) is 18.8 Å². The summed E-state index contributed by atoms with van der Waals surface area (Å²) < 4.78 is 25.2. The summed E-state index contributed by atoms with van der Waals surface area (Å²) >= 11 is 1.81. The average Bonchev–Trinajstić information content (AvgIpc) is 2.96. The van der Waals surface area contributed by atoms with E-state index in [-0.39, 0.29) is 24.2 Å². The van der Waals surface area contributed by atoms with Crippen molar-refractivity contribution in [1.29, 1.82) is 0 Å². The van der Waals surface area contributed by atoms with Crippen LogP contribution in [0.5, 0.6) is 0 Å². The van der Waals surface area contributed by atoms with E-state index in [2.05, 4.69) is 4.90 Å². The summed E-state index contributed by atoms with van der Waals surface area (Å²) in [4.78, 5) is 45.2. The summed E-state index contributed by atoms with van der Waals surface area (Å²) in [6.45, 7) is 10.3. The van der Waals surface area contributed by atoms with Gasteiger partial charge in [-0.3, -0.25) is 9.80 Å². The second-order valence-electron chi connectivity index (χ2n) is 11.2. The summed E-state index contributed by atoms with van der Waals surface area (Å²) in [5.41, 5.74) is 1.66. The Balaban J connectivity index is 1.44. The van der Waals surface area contributed by atoms with Crippen molar-refractivity contribution >= 4 is 35.5 Å². The number of hydrogen-bond donors (Lipinski definition) is 0. The molecule has 2 aromatic carbocycles. The van der Waals surface area contributed by atoms with Gasteiger partial charge in [0.25, 0.3) is 0 Å². The van der Waals surface area contributed by atoms with Gasteiger partial charge >= 0.3 is 18.1 Å². The van der Waals surface area contributed by atoms with E-state index < -0.39 is 17.4 Å². The number of piperazine rings is 1. The Kier molecular flexibility index (Phi) is 10.1. The Morgan fingerprint density at radius 3 is 2.17 bits per heavy atom. The fraction of sp³-hybridized carbons (Fsp3) is 0.500. The summed E-state index contributed by atoms with van der Waals surface area (Å²) in [6.07, 6.45) is -0.282. The lowest BCUT2D eigenvalue weighted by molar-refractivity contribution is 0.0139. The maximum Gasteiger partial charge on any atom is 0.410 e. The molecule has 2 aliphatic heterocycles. The molecule has 2 fully saturated rings. The average molecular weight is 587 g/mol. The van der Waals surface area contributed by atoms with Gasteiger partial charge in [-0.2, -0.15) is 11.8 Å². The summed E-state index contributed by atoms with van der Waals surface area (Å²) in [5.74, 6) is 0.544. The normalized spacial score (nSPS) is 16.3. The molecule has 9 nitrogen and oxygen atoms in total. The zero-order chi connectivity index (χ0) is 29.6. The number of halogens is 1. The van der Waals surface area contributed by atoms with Gasteiger partial charge in [-0.15, -0.1) is 0 Å². The van der Waals surface area contributed by atoms with Crippen LogP contribution in [-0.4, -0.2) is 96.3 Å². The highest BCUT2D eigenvalue weighted by Crippen LogP contribution is 2.24. The number of nitrogens with zero attached hydrogens (tertiary/aromatic N) is 4. The third-order valence-electron chi connectivity index (χ3n) is 6.99. The van der Waals surface area contributed by atoms with Crippen LogP contribution in [0.4, 0.5) is 19.7 Å². The van der Waals surface area contributed by atoms with Crippen LogP contribution in [0.2, 0.25) is 0 Å². The fourth-order valence-electron chi connectivity index (χ4n) is 4.74. The Morgan fingerprint density at radius 1 is 0.927 bits per heavy atom. The maximum atomic E-state index is 15.0. The van der Waals surface area contributed by atoms with Gasteiger partial charge < -0.3 is 19.3 Å². The monoisotopic (exact) mass is 586 g/mol. The number of methoxy groups -OCH3 is 1. The first-order valence-electron chi connectivity index (χ1n) is 13.8. The van der Waals surface area contributed by atoms with Gasteiger partial charge in [0.1, 0.15) is 11.4 Å². The second-order valence-corrected chi connectivity index (χ2v) is 12.4. The molecule has 2 aliphatic rings. The topological polar surface area (TPSA) is 82.6 Å². The second kappa shape index (κ2) is 13.6. The minimum atomic E-state index is -0.615. The molecular formula is C30H39FN4O5S. The van der Waals surface area contributed by atoms with E-state index in [4.69, 9.17) is 9.47 Å². The van der Waals surface area contributed by atoms with Crippen molar-refractivity contribution in [2.24, 2.45) is 0 Å². The molecule has 0 atom stereocenters. The van der Waals surface area contributed by atoms with Crippen molar-refractivity contribution in [3.63, 3.8) is 0 Å². The molecule has 0 N–H and O–H groups in total. The molecule has 41 heavy (non-hydrogen) atoms.